The molecule has 12 heteroatoms. The lowest BCUT2D eigenvalue weighted by molar-refractivity contribution is -0.274. The summed E-state index contributed by atoms with van der Waals surface area (Å²) < 4.78 is 40.9. The van der Waals surface area contributed by atoms with E-state index in [0.29, 0.717) is 42.5 Å². The highest BCUT2D eigenvalue weighted by molar-refractivity contribution is 5.84. The van der Waals surface area contributed by atoms with Crippen LogP contribution in [0.15, 0.2) is 30.3 Å². The van der Waals surface area contributed by atoms with Gasteiger partial charge in [0.05, 0.1) is 11.8 Å². The number of carbonyl (C=O) groups is 2. The lowest BCUT2D eigenvalue weighted by atomic mass is 9.85. The molecule has 1 aliphatic heterocycles. The van der Waals surface area contributed by atoms with E-state index < -0.39 is 11.8 Å². The number of halogens is 3. The highest BCUT2D eigenvalue weighted by Crippen LogP contribution is 2.31. The van der Waals surface area contributed by atoms with Crippen molar-refractivity contribution in [1.82, 2.24) is 25.1 Å². The molecule has 39 heavy (non-hydrogen) atoms. The SMILES string of the molecule is CCN1CCC(CNc2cc(C)nc(CC(=O)Cc3ccc(OC(F)(F)F)cc3)n2)(C(=O)NCCN(C)C)C1. The van der Waals surface area contributed by atoms with Crippen molar-refractivity contribution in [2.24, 2.45) is 5.41 Å². The van der Waals surface area contributed by atoms with Gasteiger partial charge in [0, 0.05) is 44.4 Å². The van der Waals surface area contributed by atoms with Crippen LogP contribution in [-0.4, -0.2) is 91.2 Å². The Hall–Kier alpha value is -3.25. The van der Waals surface area contributed by atoms with Gasteiger partial charge in [-0.2, -0.15) is 0 Å². The van der Waals surface area contributed by atoms with Gasteiger partial charge < -0.3 is 25.2 Å². The van der Waals surface area contributed by atoms with Crippen LogP contribution in [0.5, 0.6) is 5.75 Å². The molecule has 1 aromatic carbocycles. The monoisotopic (exact) mass is 550 g/mol. The second kappa shape index (κ2) is 13.2. The first-order chi connectivity index (χ1) is 18.4. The van der Waals surface area contributed by atoms with Gasteiger partial charge in [-0.3, -0.25) is 9.59 Å². The summed E-state index contributed by atoms with van der Waals surface area (Å²) >= 11 is 0. The van der Waals surface area contributed by atoms with Crippen molar-refractivity contribution in [2.45, 2.75) is 39.5 Å². The molecular weight excluding hydrogens is 513 g/mol. The Labute approximate surface area is 227 Å². The Morgan fingerprint density at radius 2 is 1.87 bits per heavy atom. The van der Waals surface area contributed by atoms with E-state index in [2.05, 4.69) is 37.2 Å². The first-order valence-electron chi connectivity index (χ1n) is 13.0. The molecule has 1 saturated heterocycles. The van der Waals surface area contributed by atoms with Crippen LogP contribution in [0.4, 0.5) is 19.0 Å². The van der Waals surface area contributed by atoms with E-state index in [1.165, 1.54) is 24.3 Å². The van der Waals surface area contributed by atoms with E-state index in [-0.39, 0.29) is 30.3 Å². The quantitative estimate of drug-likeness (QED) is 0.393. The number of amides is 1. The highest BCUT2D eigenvalue weighted by atomic mass is 19.4. The van der Waals surface area contributed by atoms with Crippen LogP contribution in [0, 0.1) is 12.3 Å². The zero-order valence-corrected chi connectivity index (χ0v) is 22.9. The number of hydrogen-bond donors (Lipinski definition) is 2. The molecule has 0 radical (unpaired) electrons. The number of anilines is 1. The molecule has 1 amide bonds. The van der Waals surface area contributed by atoms with E-state index in [1.54, 1.807) is 13.0 Å². The van der Waals surface area contributed by atoms with Crippen molar-refractivity contribution in [2.75, 3.05) is 58.7 Å². The fourth-order valence-corrected chi connectivity index (χ4v) is 4.55. The molecule has 0 aliphatic carbocycles. The van der Waals surface area contributed by atoms with Gasteiger partial charge in [-0.25, -0.2) is 9.97 Å². The van der Waals surface area contributed by atoms with Gasteiger partial charge in [0.1, 0.15) is 23.2 Å². The minimum Gasteiger partial charge on any atom is -0.406 e. The molecule has 0 bridgehead atoms. The summed E-state index contributed by atoms with van der Waals surface area (Å²) in [5, 5.41) is 6.39. The summed E-state index contributed by atoms with van der Waals surface area (Å²) in [6, 6.07) is 6.98. The number of aryl methyl sites for hydroxylation is 1. The molecule has 1 unspecified atom stereocenters. The third-order valence-corrected chi connectivity index (χ3v) is 6.63. The number of benzene rings is 1. The van der Waals surface area contributed by atoms with Crippen LogP contribution in [0.1, 0.15) is 30.4 Å². The maximum atomic E-state index is 13.2. The summed E-state index contributed by atoms with van der Waals surface area (Å²) in [5.41, 5.74) is 0.638. The third kappa shape index (κ3) is 9.47. The molecule has 214 valence electrons. The Morgan fingerprint density at radius 1 is 1.15 bits per heavy atom. The number of aromatic nitrogens is 2. The molecule has 1 aromatic heterocycles. The Balaban J connectivity index is 1.63. The smallest absolute Gasteiger partial charge is 0.406 e. The van der Waals surface area contributed by atoms with Gasteiger partial charge in [-0.15, -0.1) is 13.2 Å². The van der Waals surface area contributed by atoms with Crippen LogP contribution >= 0.6 is 0 Å². The Kier molecular flexibility index (Phi) is 10.3. The first-order valence-corrected chi connectivity index (χ1v) is 13.0. The molecule has 1 atom stereocenters. The van der Waals surface area contributed by atoms with Crippen molar-refractivity contribution in [1.29, 1.82) is 0 Å². The van der Waals surface area contributed by atoms with Gasteiger partial charge >= 0.3 is 6.36 Å². The number of hydrogen-bond acceptors (Lipinski definition) is 8. The molecule has 1 fully saturated rings. The average Bonchev–Trinajstić information content (AvgIpc) is 3.27. The zero-order chi connectivity index (χ0) is 28.6. The van der Waals surface area contributed by atoms with E-state index >= 15 is 0 Å². The van der Waals surface area contributed by atoms with Gasteiger partial charge in [-0.05, 0) is 58.2 Å². The molecule has 1 aliphatic rings. The summed E-state index contributed by atoms with van der Waals surface area (Å²) in [7, 11) is 3.92. The number of Topliss-reactive ketones (excluding diaryl/α,β-unsaturated/α-hetero) is 1. The predicted molar refractivity (Wildman–Crippen MR) is 142 cm³/mol. The number of nitrogens with zero attached hydrogens (tertiary/aromatic N) is 4. The Bertz CT molecular complexity index is 1130. The minimum atomic E-state index is -4.77. The maximum Gasteiger partial charge on any atom is 0.573 e. The highest BCUT2D eigenvalue weighted by Gasteiger charge is 2.44. The summed E-state index contributed by atoms with van der Waals surface area (Å²) in [6.07, 6.45) is -4.05. The van der Waals surface area contributed by atoms with Crippen molar-refractivity contribution >= 4 is 17.5 Å². The number of nitrogens with one attached hydrogen (secondary N) is 2. The number of alkyl halides is 3. The molecule has 2 aromatic rings. The number of likely N-dealkylation sites (N-methyl/N-ethyl adjacent to an activating group) is 1. The number of rotatable bonds is 13. The van der Waals surface area contributed by atoms with Crippen LogP contribution in [0.2, 0.25) is 0 Å². The molecular formula is C27H37F3N6O3. The zero-order valence-electron chi connectivity index (χ0n) is 22.9. The normalized spacial score (nSPS) is 17.8. The van der Waals surface area contributed by atoms with Gasteiger partial charge in [-0.1, -0.05) is 19.1 Å². The number of ketones is 1. The van der Waals surface area contributed by atoms with Crippen molar-refractivity contribution in [3.05, 3.63) is 47.4 Å². The molecule has 3 rings (SSSR count). The van der Waals surface area contributed by atoms with Crippen molar-refractivity contribution in [3.63, 3.8) is 0 Å². The standard InChI is InChI=1S/C27H37F3N6O3/c1-5-36-12-10-26(18-36,25(38)31-11-13-35(3)4)17-32-23-14-19(2)33-24(34-23)16-21(37)15-20-6-8-22(9-7-20)39-27(28,29)30/h6-9,14H,5,10-13,15-18H2,1-4H3,(H,31,38)(H,32,33,34). The van der Waals surface area contributed by atoms with Crippen molar-refractivity contribution < 1.29 is 27.5 Å². The topological polar surface area (TPSA) is 99.7 Å². The first kappa shape index (κ1) is 30.3. The lowest BCUT2D eigenvalue weighted by Crippen LogP contribution is -2.48. The van der Waals surface area contributed by atoms with E-state index in [9.17, 15) is 22.8 Å². The summed E-state index contributed by atoms with van der Waals surface area (Å²) in [5.74, 6) is 0.368. The van der Waals surface area contributed by atoms with E-state index in [4.69, 9.17) is 0 Å². The van der Waals surface area contributed by atoms with Gasteiger partial charge in [0.15, 0.2) is 0 Å². The summed E-state index contributed by atoms with van der Waals surface area (Å²) in [4.78, 5) is 39.1. The van der Waals surface area contributed by atoms with Crippen LogP contribution in [-0.2, 0) is 22.4 Å². The lowest BCUT2D eigenvalue weighted by Gasteiger charge is -2.29. The van der Waals surface area contributed by atoms with E-state index in [1.807, 2.05) is 19.0 Å². The third-order valence-electron chi connectivity index (χ3n) is 6.63. The molecule has 2 heterocycles. The average molecular weight is 551 g/mol. The molecule has 0 saturated carbocycles. The minimum absolute atomic E-state index is 0.0145. The van der Waals surface area contributed by atoms with Crippen LogP contribution < -0.4 is 15.4 Å². The number of likely N-dealkylation sites (tertiary alicyclic amines) is 1. The number of ether oxygens (including phenoxy) is 1. The number of carbonyl (C=O) groups excluding carboxylic acids is 2. The van der Waals surface area contributed by atoms with Gasteiger partial charge in [0.25, 0.3) is 0 Å². The second-order valence-electron chi connectivity index (χ2n) is 10.2. The van der Waals surface area contributed by atoms with Gasteiger partial charge in [0.2, 0.25) is 5.91 Å². The maximum absolute atomic E-state index is 13.2. The van der Waals surface area contributed by atoms with Crippen LogP contribution in [0.25, 0.3) is 0 Å². The van der Waals surface area contributed by atoms with E-state index in [0.717, 1.165) is 26.1 Å². The fraction of sp³-hybridized carbons (Fsp3) is 0.556. The molecule has 9 nitrogen and oxygen atoms in total. The van der Waals surface area contributed by atoms with Crippen LogP contribution in [0.3, 0.4) is 0 Å². The largest absolute Gasteiger partial charge is 0.573 e. The second-order valence-corrected chi connectivity index (χ2v) is 10.2. The van der Waals surface area contributed by atoms with Crippen molar-refractivity contribution in [3.8, 4) is 5.75 Å². The predicted octanol–water partition coefficient (Wildman–Crippen LogP) is 2.84. The molecule has 2 N–H and O–H groups in total. The Morgan fingerprint density at radius 3 is 2.49 bits per heavy atom. The molecule has 0 spiro atoms. The fourth-order valence-electron chi connectivity index (χ4n) is 4.55. The summed E-state index contributed by atoms with van der Waals surface area (Å²) in [6.45, 7) is 7.94.